The van der Waals surface area contributed by atoms with E-state index in [9.17, 15) is 0 Å². The molecule has 0 radical (unpaired) electrons. The quantitative estimate of drug-likeness (QED) is 0.357. The van der Waals surface area contributed by atoms with E-state index in [-0.39, 0.29) is 0 Å². The Morgan fingerprint density at radius 3 is 2.14 bits per heavy atom. The van der Waals surface area contributed by atoms with Gasteiger partial charge in [0.1, 0.15) is 5.75 Å². The third-order valence-corrected chi connectivity index (χ3v) is 5.87. The van der Waals surface area contributed by atoms with Crippen LogP contribution in [0.2, 0.25) is 10.0 Å². The molecule has 1 heterocycles. The molecule has 0 atom stereocenters. The zero-order valence-electron chi connectivity index (χ0n) is 14.9. The second-order valence-electron chi connectivity index (χ2n) is 6.01. The van der Waals surface area contributed by atoms with Crippen molar-refractivity contribution in [1.29, 1.82) is 0 Å². The number of ether oxygens (including phenoxy) is 1. The monoisotopic (exact) mass is 426 g/mol. The van der Waals surface area contributed by atoms with Gasteiger partial charge in [0.15, 0.2) is 5.13 Å². The van der Waals surface area contributed by atoms with E-state index >= 15 is 0 Å². The average Bonchev–Trinajstić information content (AvgIpc) is 3.15. The third kappa shape index (κ3) is 3.85. The number of nitrogens with zero attached hydrogens (tertiary/aromatic N) is 1. The van der Waals surface area contributed by atoms with Crippen LogP contribution in [0.5, 0.6) is 5.75 Å². The van der Waals surface area contributed by atoms with Crippen LogP contribution in [-0.4, -0.2) is 12.1 Å². The standard InChI is InChI=1S/C22H16Cl2N2OS/c1-27-16-12-10-15(11-13-16)21-19(14-6-3-2-4-7-14)25-22(28-21)26-20-17(23)8-5-9-18(20)24/h2-13H,1H3,(H,25,26). The van der Waals surface area contributed by atoms with Gasteiger partial charge in [-0.2, -0.15) is 0 Å². The van der Waals surface area contributed by atoms with Gasteiger partial charge in [0.05, 0.1) is 33.4 Å². The topological polar surface area (TPSA) is 34.1 Å². The molecule has 1 aromatic heterocycles. The number of aromatic nitrogens is 1. The molecule has 0 aliphatic carbocycles. The highest BCUT2D eigenvalue weighted by atomic mass is 35.5. The van der Waals surface area contributed by atoms with Crippen molar-refractivity contribution in [1.82, 2.24) is 4.98 Å². The second kappa shape index (κ2) is 8.23. The minimum absolute atomic E-state index is 0.551. The highest BCUT2D eigenvalue weighted by Crippen LogP contribution is 2.42. The minimum Gasteiger partial charge on any atom is -0.497 e. The summed E-state index contributed by atoms with van der Waals surface area (Å²) in [5.41, 5.74) is 3.67. The van der Waals surface area contributed by atoms with Gasteiger partial charge in [-0.05, 0) is 42.0 Å². The fraction of sp³-hybridized carbons (Fsp3) is 0.0455. The van der Waals surface area contributed by atoms with Crippen LogP contribution < -0.4 is 10.1 Å². The lowest BCUT2D eigenvalue weighted by Crippen LogP contribution is -1.91. The Kier molecular flexibility index (Phi) is 5.53. The second-order valence-corrected chi connectivity index (χ2v) is 7.83. The smallest absolute Gasteiger partial charge is 0.188 e. The van der Waals surface area contributed by atoms with Gasteiger partial charge in [-0.25, -0.2) is 4.98 Å². The number of thiazole rings is 1. The first-order valence-corrected chi connectivity index (χ1v) is 10.1. The molecule has 4 rings (SSSR count). The van der Waals surface area contributed by atoms with Crippen LogP contribution >= 0.6 is 34.5 Å². The van der Waals surface area contributed by atoms with Gasteiger partial charge < -0.3 is 10.1 Å². The SMILES string of the molecule is COc1ccc(-c2sc(Nc3c(Cl)cccc3Cl)nc2-c2ccccc2)cc1. The molecule has 1 N–H and O–H groups in total. The Labute approximate surface area is 177 Å². The van der Waals surface area contributed by atoms with Gasteiger partial charge in [0.25, 0.3) is 0 Å². The molecule has 0 saturated carbocycles. The zero-order chi connectivity index (χ0) is 19.5. The van der Waals surface area contributed by atoms with E-state index in [2.05, 4.69) is 5.32 Å². The van der Waals surface area contributed by atoms with Crippen molar-refractivity contribution in [2.45, 2.75) is 0 Å². The fourth-order valence-corrected chi connectivity index (χ4v) is 4.32. The molecular weight excluding hydrogens is 411 g/mol. The molecule has 0 fully saturated rings. The molecule has 0 amide bonds. The van der Waals surface area contributed by atoms with Crippen LogP contribution in [-0.2, 0) is 0 Å². The van der Waals surface area contributed by atoms with E-state index in [0.717, 1.165) is 32.6 Å². The number of methoxy groups -OCH3 is 1. The predicted molar refractivity (Wildman–Crippen MR) is 119 cm³/mol. The van der Waals surface area contributed by atoms with Gasteiger partial charge in [-0.15, -0.1) is 0 Å². The molecule has 0 aliphatic heterocycles. The molecule has 140 valence electrons. The van der Waals surface area contributed by atoms with E-state index in [1.807, 2.05) is 60.7 Å². The highest BCUT2D eigenvalue weighted by molar-refractivity contribution is 7.19. The molecule has 3 aromatic carbocycles. The number of halogens is 2. The van der Waals surface area contributed by atoms with Crippen LogP contribution in [0.1, 0.15) is 0 Å². The molecule has 0 aliphatic rings. The summed E-state index contributed by atoms with van der Waals surface area (Å²) in [6, 6.07) is 23.5. The van der Waals surface area contributed by atoms with Crippen LogP contribution in [0.25, 0.3) is 21.7 Å². The molecule has 0 unspecified atom stereocenters. The maximum Gasteiger partial charge on any atom is 0.188 e. The summed E-state index contributed by atoms with van der Waals surface area (Å²) >= 11 is 14.2. The van der Waals surface area contributed by atoms with Crippen LogP contribution in [0.3, 0.4) is 0 Å². The van der Waals surface area contributed by atoms with Crippen molar-refractivity contribution in [3.63, 3.8) is 0 Å². The maximum absolute atomic E-state index is 6.31. The summed E-state index contributed by atoms with van der Waals surface area (Å²) in [4.78, 5) is 5.89. The van der Waals surface area contributed by atoms with Gasteiger partial charge in [0, 0.05) is 5.56 Å². The summed E-state index contributed by atoms with van der Waals surface area (Å²) in [5, 5.41) is 5.11. The lowest BCUT2D eigenvalue weighted by Gasteiger charge is -2.06. The number of anilines is 2. The van der Waals surface area contributed by atoms with Crippen LogP contribution in [0.15, 0.2) is 72.8 Å². The van der Waals surface area contributed by atoms with Gasteiger partial charge in [-0.3, -0.25) is 0 Å². The molecule has 4 aromatic rings. The Morgan fingerprint density at radius 1 is 0.821 bits per heavy atom. The number of benzene rings is 3. The first kappa shape index (κ1) is 18.8. The summed E-state index contributed by atoms with van der Waals surface area (Å²) in [6.07, 6.45) is 0. The van der Waals surface area contributed by atoms with Gasteiger partial charge >= 0.3 is 0 Å². The number of rotatable bonds is 5. The van der Waals surface area contributed by atoms with Crippen molar-refractivity contribution >= 4 is 45.4 Å². The molecule has 0 saturated heterocycles. The average molecular weight is 427 g/mol. The number of nitrogens with one attached hydrogen (secondary N) is 1. The van der Waals surface area contributed by atoms with Crippen molar-refractivity contribution in [2.24, 2.45) is 0 Å². The van der Waals surface area contributed by atoms with Gasteiger partial charge in [0.2, 0.25) is 0 Å². The molecule has 3 nitrogen and oxygen atoms in total. The lowest BCUT2D eigenvalue weighted by molar-refractivity contribution is 0.415. The van der Waals surface area contributed by atoms with Crippen LogP contribution in [0, 0.1) is 0 Å². The summed E-state index contributed by atoms with van der Waals surface area (Å²) in [7, 11) is 1.66. The predicted octanol–water partition coefficient (Wildman–Crippen LogP) is 7.54. The zero-order valence-corrected chi connectivity index (χ0v) is 17.3. The molecule has 6 heteroatoms. The third-order valence-electron chi connectivity index (χ3n) is 4.22. The van der Waals surface area contributed by atoms with E-state index in [1.165, 1.54) is 0 Å². The Bertz CT molecular complexity index is 1080. The Hall–Kier alpha value is -2.53. The van der Waals surface area contributed by atoms with E-state index < -0.39 is 0 Å². The molecular formula is C22H16Cl2N2OS. The summed E-state index contributed by atoms with van der Waals surface area (Å²) in [6.45, 7) is 0. The van der Waals surface area contributed by atoms with E-state index in [4.69, 9.17) is 32.9 Å². The highest BCUT2D eigenvalue weighted by Gasteiger charge is 2.16. The summed E-state index contributed by atoms with van der Waals surface area (Å²) < 4.78 is 5.28. The Morgan fingerprint density at radius 2 is 1.50 bits per heavy atom. The number of hydrogen-bond acceptors (Lipinski definition) is 4. The first-order valence-electron chi connectivity index (χ1n) is 8.57. The summed E-state index contributed by atoms with van der Waals surface area (Å²) in [5.74, 6) is 0.815. The normalized spacial score (nSPS) is 10.7. The van der Waals surface area contributed by atoms with E-state index in [0.29, 0.717) is 15.7 Å². The Balaban J connectivity index is 1.80. The number of hydrogen-bond donors (Lipinski definition) is 1. The molecule has 28 heavy (non-hydrogen) atoms. The minimum atomic E-state index is 0.551. The van der Waals surface area contributed by atoms with Crippen LogP contribution in [0.4, 0.5) is 10.8 Å². The maximum atomic E-state index is 6.31. The van der Waals surface area contributed by atoms with Crippen molar-refractivity contribution in [3.05, 3.63) is 82.8 Å². The van der Waals surface area contributed by atoms with Crippen molar-refractivity contribution < 1.29 is 4.74 Å². The van der Waals surface area contributed by atoms with Gasteiger partial charge in [-0.1, -0.05) is 70.9 Å². The number of para-hydroxylation sites is 1. The van der Waals surface area contributed by atoms with E-state index in [1.54, 1.807) is 30.6 Å². The van der Waals surface area contributed by atoms with Crippen molar-refractivity contribution in [2.75, 3.05) is 12.4 Å². The largest absolute Gasteiger partial charge is 0.497 e. The lowest BCUT2D eigenvalue weighted by atomic mass is 10.1. The van der Waals surface area contributed by atoms with Crippen molar-refractivity contribution in [3.8, 4) is 27.4 Å². The molecule has 0 bridgehead atoms. The molecule has 0 spiro atoms. The first-order chi connectivity index (χ1) is 13.7. The fourth-order valence-electron chi connectivity index (χ4n) is 2.83.